The summed E-state index contributed by atoms with van der Waals surface area (Å²) in [4.78, 5) is 19.0. The molecule has 2 aliphatic rings. The number of aromatic nitrogens is 4. The van der Waals surface area contributed by atoms with E-state index in [9.17, 15) is 0 Å². The monoisotopic (exact) mass is 748 g/mol. The fraction of sp³-hybridized carbons (Fsp3) is 0.283. The van der Waals surface area contributed by atoms with Gasteiger partial charge in [0.1, 0.15) is 0 Å². The molecule has 0 radical (unpaired) electrons. The standard InChI is InChI=1S/C53H56N4/c1-5-7-9-12-16-38(17-13-10-8-6-2)50-42-28-32-46(54-42)52(40-24-20-36(3)21-25-40)48-34-30-44(56-48)51(39-18-14-11-15-19-39)45-31-35-49(57-45)53(47-33-29-43(50)55-47)41-26-22-37(4)23-27-41/h11,14-15,18-35,38,56-57H,5-10,12-13,16-17H2,1-4H3. The zero-order valence-corrected chi connectivity index (χ0v) is 34.2. The second-order valence-corrected chi connectivity index (χ2v) is 16.0. The van der Waals surface area contributed by atoms with Crippen LogP contribution in [0.1, 0.15) is 123 Å². The predicted molar refractivity (Wildman–Crippen MR) is 245 cm³/mol. The number of fused-ring (bicyclic) bond motifs is 8. The Morgan fingerprint density at radius 3 is 1.26 bits per heavy atom. The molecular weight excluding hydrogens is 693 g/mol. The molecule has 0 atom stereocenters. The fourth-order valence-corrected chi connectivity index (χ4v) is 8.68. The van der Waals surface area contributed by atoms with Crippen LogP contribution < -0.4 is 0 Å². The largest absolute Gasteiger partial charge is 0.354 e. The Balaban J connectivity index is 1.48. The number of nitrogens with zero attached hydrogens (tertiary/aromatic N) is 2. The summed E-state index contributed by atoms with van der Waals surface area (Å²) in [5, 5.41) is 0. The summed E-state index contributed by atoms with van der Waals surface area (Å²) in [7, 11) is 0. The van der Waals surface area contributed by atoms with Crippen LogP contribution in [0.5, 0.6) is 0 Å². The van der Waals surface area contributed by atoms with Gasteiger partial charge in [0, 0.05) is 44.3 Å². The number of hydrogen-bond acceptors (Lipinski definition) is 2. The van der Waals surface area contributed by atoms with Gasteiger partial charge in [-0.3, -0.25) is 0 Å². The number of aromatic amines is 2. The summed E-state index contributed by atoms with van der Waals surface area (Å²) in [6.07, 6.45) is 21.3. The Labute approximate surface area is 338 Å². The molecule has 57 heavy (non-hydrogen) atoms. The Morgan fingerprint density at radius 2 is 0.825 bits per heavy atom. The fourth-order valence-electron chi connectivity index (χ4n) is 8.68. The number of nitrogens with one attached hydrogen (secondary N) is 2. The number of H-pyrrole nitrogens is 2. The molecule has 0 amide bonds. The molecule has 3 aromatic heterocycles. The maximum atomic E-state index is 5.60. The van der Waals surface area contributed by atoms with Gasteiger partial charge in [0.2, 0.25) is 0 Å². The minimum absolute atomic E-state index is 0.367. The van der Waals surface area contributed by atoms with E-state index in [1.165, 1.54) is 68.1 Å². The lowest BCUT2D eigenvalue weighted by molar-refractivity contribution is 0.494. The number of hydrogen-bond donors (Lipinski definition) is 2. The molecule has 8 rings (SSSR count). The second-order valence-electron chi connectivity index (χ2n) is 16.0. The SMILES string of the molecule is CCCCCCC(CCCCCC)c1c2nc(c(-c3ccc(C)cc3)c3ccc([nH]3)c(-c3ccccc3)c3ccc([nH]3)c(-c3ccc(C)cc3)c3nc1C=C3)C=C2. The average molecular weight is 749 g/mol. The number of aryl methyl sites for hydroxylation is 2. The third kappa shape index (κ3) is 8.37. The first kappa shape index (κ1) is 38.1. The molecule has 0 saturated heterocycles. The minimum atomic E-state index is 0.367. The van der Waals surface area contributed by atoms with Gasteiger partial charge in [0.15, 0.2) is 0 Å². The van der Waals surface area contributed by atoms with E-state index >= 15 is 0 Å². The van der Waals surface area contributed by atoms with Crippen molar-refractivity contribution in [2.24, 2.45) is 0 Å². The molecular formula is C53H56N4. The molecule has 0 saturated carbocycles. The summed E-state index contributed by atoms with van der Waals surface area (Å²) < 4.78 is 0. The lowest BCUT2D eigenvalue weighted by Gasteiger charge is -2.19. The topological polar surface area (TPSA) is 57.4 Å². The van der Waals surface area contributed by atoms with Crippen LogP contribution in [0.2, 0.25) is 0 Å². The first-order valence-corrected chi connectivity index (χ1v) is 21.4. The van der Waals surface area contributed by atoms with Gasteiger partial charge in [0.05, 0.1) is 22.8 Å². The molecule has 0 fully saturated rings. The molecule has 2 N–H and O–H groups in total. The van der Waals surface area contributed by atoms with Gasteiger partial charge in [0.25, 0.3) is 0 Å². The molecule has 0 unspecified atom stereocenters. The number of benzene rings is 3. The van der Waals surface area contributed by atoms with Crippen molar-refractivity contribution >= 4 is 46.4 Å². The van der Waals surface area contributed by atoms with E-state index in [1.54, 1.807) is 0 Å². The molecule has 2 aliphatic heterocycles. The highest BCUT2D eigenvalue weighted by atomic mass is 14.8. The maximum absolute atomic E-state index is 5.60. The average Bonchev–Trinajstić information content (AvgIpc) is 4.08. The van der Waals surface area contributed by atoms with E-state index in [1.807, 2.05) is 0 Å². The van der Waals surface area contributed by atoms with Crippen LogP contribution >= 0.6 is 0 Å². The Bertz CT molecular complexity index is 2390. The van der Waals surface area contributed by atoms with E-state index in [-0.39, 0.29) is 0 Å². The van der Waals surface area contributed by atoms with Gasteiger partial charge in [-0.2, -0.15) is 0 Å². The summed E-state index contributed by atoms with van der Waals surface area (Å²) >= 11 is 0. The van der Waals surface area contributed by atoms with Gasteiger partial charge in [-0.15, -0.1) is 0 Å². The summed E-state index contributed by atoms with van der Waals surface area (Å²) in [5.74, 6) is 0.367. The molecule has 4 nitrogen and oxygen atoms in total. The molecule has 6 aromatic rings. The minimum Gasteiger partial charge on any atom is -0.354 e. The van der Waals surface area contributed by atoms with Crippen LogP contribution in [0.15, 0.2) is 103 Å². The van der Waals surface area contributed by atoms with Crippen molar-refractivity contribution in [3.63, 3.8) is 0 Å². The summed E-state index contributed by atoms with van der Waals surface area (Å²) in [6, 6.07) is 37.4. The molecule has 8 bridgehead atoms. The van der Waals surface area contributed by atoms with E-state index in [0.29, 0.717) is 5.92 Å². The first-order valence-electron chi connectivity index (χ1n) is 21.4. The Hall–Kier alpha value is -5.74. The van der Waals surface area contributed by atoms with E-state index in [0.717, 1.165) is 91.1 Å². The van der Waals surface area contributed by atoms with Crippen LogP contribution in [0.25, 0.3) is 79.8 Å². The third-order valence-electron chi connectivity index (χ3n) is 11.8. The van der Waals surface area contributed by atoms with Crippen LogP contribution in [-0.4, -0.2) is 19.9 Å². The molecule has 0 aliphatic carbocycles. The van der Waals surface area contributed by atoms with Crippen molar-refractivity contribution in [2.75, 3.05) is 0 Å². The van der Waals surface area contributed by atoms with E-state index in [2.05, 4.69) is 165 Å². The predicted octanol–water partition coefficient (Wildman–Crippen LogP) is 15.3. The Morgan fingerprint density at radius 1 is 0.421 bits per heavy atom. The van der Waals surface area contributed by atoms with Gasteiger partial charge in [-0.1, -0.05) is 155 Å². The van der Waals surface area contributed by atoms with Gasteiger partial charge in [-0.05, 0) is 97.9 Å². The highest BCUT2D eigenvalue weighted by Crippen LogP contribution is 2.40. The Kier molecular flexibility index (Phi) is 11.8. The number of unbranched alkanes of at least 4 members (excludes halogenated alkanes) is 6. The van der Waals surface area contributed by atoms with E-state index in [4.69, 9.17) is 9.97 Å². The molecule has 288 valence electrons. The van der Waals surface area contributed by atoms with E-state index < -0.39 is 0 Å². The second kappa shape index (κ2) is 17.6. The molecule has 0 spiro atoms. The number of rotatable bonds is 14. The summed E-state index contributed by atoms with van der Waals surface area (Å²) in [6.45, 7) is 8.90. The smallest absolute Gasteiger partial charge is 0.0737 e. The van der Waals surface area contributed by atoms with Crippen molar-refractivity contribution in [3.8, 4) is 33.4 Å². The van der Waals surface area contributed by atoms with Crippen molar-refractivity contribution in [3.05, 3.63) is 143 Å². The molecule has 4 heteroatoms. The van der Waals surface area contributed by atoms with Crippen molar-refractivity contribution in [2.45, 2.75) is 97.8 Å². The van der Waals surface area contributed by atoms with Crippen molar-refractivity contribution in [1.29, 1.82) is 0 Å². The normalized spacial score (nSPS) is 12.2. The van der Waals surface area contributed by atoms with Crippen molar-refractivity contribution < 1.29 is 0 Å². The zero-order chi connectivity index (χ0) is 39.1. The lowest BCUT2D eigenvalue weighted by Crippen LogP contribution is -2.05. The summed E-state index contributed by atoms with van der Waals surface area (Å²) in [5.41, 5.74) is 18.7. The quantitative estimate of drug-likeness (QED) is 0.109. The van der Waals surface area contributed by atoms with Gasteiger partial charge in [-0.25, -0.2) is 9.97 Å². The third-order valence-corrected chi connectivity index (χ3v) is 11.8. The molecule has 5 heterocycles. The van der Waals surface area contributed by atoms with Gasteiger partial charge < -0.3 is 9.97 Å². The van der Waals surface area contributed by atoms with Crippen LogP contribution in [-0.2, 0) is 0 Å². The zero-order valence-electron chi connectivity index (χ0n) is 34.2. The van der Waals surface area contributed by atoms with Crippen LogP contribution in [0, 0.1) is 13.8 Å². The van der Waals surface area contributed by atoms with Crippen LogP contribution in [0.4, 0.5) is 0 Å². The van der Waals surface area contributed by atoms with Gasteiger partial charge >= 0.3 is 0 Å². The van der Waals surface area contributed by atoms with Crippen LogP contribution in [0.3, 0.4) is 0 Å². The highest BCUT2D eigenvalue weighted by molar-refractivity contribution is 5.99. The lowest BCUT2D eigenvalue weighted by atomic mass is 9.86. The first-order chi connectivity index (χ1) is 28.0. The van der Waals surface area contributed by atoms with Crippen molar-refractivity contribution in [1.82, 2.24) is 19.9 Å². The molecule has 3 aromatic carbocycles. The highest BCUT2D eigenvalue weighted by Gasteiger charge is 2.23. The maximum Gasteiger partial charge on any atom is 0.0737 e.